The van der Waals surface area contributed by atoms with E-state index >= 15 is 0 Å². The van der Waals surface area contributed by atoms with E-state index in [1.165, 1.54) is 25.1 Å². The average molecular weight is 381 g/mol. The van der Waals surface area contributed by atoms with Gasteiger partial charge in [-0.05, 0) is 31.2 Å². The second kappa shape index (κ2) is 8.00. The van der Waals surface area contributed by atoms with E-state index in [0.29, 0.717) is 11.3 Å². The van der Waals surface area contributed by atoms with Crippen molar-refractivity contribution in [3.63, 3.8) is 0 Å². The quantitative estimate of drug-likeness (QED) is 0.469. The second-order valence-electron chi connectivity index (χ2n) is 5.11. The summed E-state index contributed by atoms with van der Waals surface area (Å²) in [5, 5.41) is 2.86. The standard InChI is InChI=1S/C17H14Cl2N2O4/c1-9(22)10-3-2-4-12(5-10)21-15(23)8-25-17(24)13-6-11(18)7-14(19)16(13)20/h2-7H,8,20H2,1H3,(H,21,23). The number of halogens is 2. The lowest BCUT2D eigenvalue weighted by atomic mass is 10.1. The smallest absolute Gasteiger partial charge is 0.340 e. The summed E-state index contributed by atoms with van der Waals surface area (Å²) < 4.78 is 4.92. The molecule has 2 aromatic carbocycles. The molecule has 0 atom stereocenters. The van der Waals surface area contributed by atoms with Crippen LogP contribution in [0, 0.1) is 0 Å². The van der Waals surface area contributed by atoms with Crippen molar-refractivity contribution in [3.8, 4) is 0 Å². The normalized spacial score (nSPS) is 10.2. The molecule has 0 spiro atoms. The van der Waals surface area contributed by atoms with Crippen molar-refractivity contribution in [3.05, 3.63) is 57.6 Å². The van der Waals surface area contributed by atoms with Crippen molar-refractivity contribution >= 4 is 52.2 Å². The Bertz CT molecular complexity index is 853. The highest BCUT2D eigenvalue weighted by molar-refractivity contribution is 6.37. The highest BCUT2D eigenvalue weighted by atomic mass is 35.5. The monoisotopic (exact) mass is 380 g/mol. The lowest BCUT2D eigenvalue weighted by molar-refractivity contribution is -0.119. The minimum absolute atomic E-state index is 0.0191. The maximum Gasteiger partial charge on any atom is 0.340 e. The van der Waals surface area contributed by atoms with Crippen molar-refractivity contribution in [1.29, 1.82) is 0 Å². The number of carbonyl (C=O) groups is 3. The van der Waals surface area contributed by atoms with E-state index in [9.17, 15) is 14.4 Å². The summed E-state index contributed by atoms with van der Waals surface area (Å²) in [6.07, 6.45) is 0. The van der Waals surface area contributed by atoms with Gasteiger partial charge >= 0.3 is 5.97 Å². The average Bonchev–Trinajstić information content (AvgIpc) is 2.56. The molecule has 0 aliphatic heterocycles. The first kappa shape index (κ1) is 18.8. The Morgan fingerprint density at radius 1 is 1.16 bits per heavy atom. The number of nitrogens with two attached hydrogens (primary N) is 1. The van der Waals surface area contributed by atoms with Crippen LogP contribution in [0.5, 0.6) is 0 Å². The number of hydrogen-bond donors (Lipinski definition) is 2. The molecule has 0 radical (unpaired) electrons. The van der Waals surface area contributed by atoms with Gasteiger partial charge in [-0.3, -0.25) is 9.59 Å². The second-order valence-corrected chi connectivity index (χ2v) is 5.95. The largest absolute Gasteiger partial charge is 0.452 e. The molecule has 6 nitrogen and oxygen atoms in total. The molecule has 3 N–H and O–H groups in total. The van der Waals surface area contributed by atoms with Gasteiger partial charge in [0, 0.05) is 16.3 Å². The van der Waals surface area contributed by atoms with Crippen LogP contribution in [0.2, 0.25) is 10.0 Å². The minimum atomic E-state index is -0.825. The highest BCUT2D eigenvalue weighted by Crippen LogP contribution is 2.28. The number of nitrogens with one attached hydrogen (secondary N) is 1. The Morgan fingerprint density at radius 3 is 2.56 bits per heavy atom. The Balaban J connectivity index is 1.99. The van der Waals surface area contributed by atoms with Gasteiger partial charge in [-0.2, -0.15) is 0 Å². The predicted molar refractivity (Wildman–Crippen MR) is 96.2 cm³/mol. The number of ketones is 1. The molecular weight excluding hydrogens is 367 g/mol. The number of Topliss-reactive ketones (excluding diaryl/α,β-unsaturated/α-hetero) is 1. The van der Waals surface area contributed by atoms with Gasteiger partial charge in [-0.25, -0.2) is 4.79 Å². The number of rotatable bonds is 5. The van der Waals surface area contributed by atoms with Gasteiger partial charge in [0.25, 0.3) is 5.91 Å². The molecule has 130 valence electrons. The molecule has 2 rings (SSSR count). The van der Waals surface area contributed by atoms with Gasteiger partial charge in [0.05, 0.1) is 16.3 Å². The van der Waals surface area contributed by atoms with E-state index in [1.54, 1.807) is 18.2 Å². The van der Waals surface area contributed by atoms with Gasteiger partial charge in [-0.1, -0.05) is 35.3 Å². The third-order valence-electron chi connectivity index (χ3n) is 3.20. The van der Waals surface area contributed by atoms with Crippen LogP contribution in [0.15, 0.2) is 36.4 Å². The van der Waals surface area contributed by atoms with Crippen LogP contribution in [0.25, 0.3) is 0 Å². The van der Waals surface area contributed by atoms with Crippen LogP contribution < -0.4 is 11.1 Å². The summed E-state index contributed by atoms with van der Waals surface area (Å²) in [5.74, 6) is -1.52. The van der Waals surface area contributed by atoms with Crippen molar-refractivity contribution < 1.29 is 19.1 Å². The summed E-state index contributed by atoms with van der Waals surface area (Å²) in [7, 11) is 0. The lowest BCUT2D eigenvalue weighted by Crippen LogP contribution is -2.21. The molecule has 0 aliphatic rings. The number of hydrogen-bond acceptors (Lipinski definition) is 5. The van der Waals surface area contributed by atoms with Gasteiger partial charge in [0.1, 0.15) is 0 Å². The third kappa shape index (κ3) is 4.95. The van der Waals surface area contributed by atoms with Crippen molar-refractivity contribution in [2.45, 2.75) is 6.92 Å². The van der Waals surface area contributed by atoms with Crippen LogP contribution in [-0.2, 0) is 9.53 Å². The molecule has 0 aromatic heterocycles. The van der Waals surface area contributed by atoms with Gasteiger partial charge in [0.15, 0.2) is 12.4 Å². The van der Waals surface area contributed by atoms with Crippen molar-refractivity contribution in [1.82, 2.24) is 0 Å². The van der Waals surface area contributed by atoms with Gasteiger partial charge in [0.2, 0.25) is 0 Å². The molecule has 1 amide bonds. The fourth-order valence-electron chi connectivity index (χ4n) is 1.98. The minimum Gasteiger partial charge on any atom is -0.452 e. The van der Waals surface area contributed by atoms with E-state index in [-0.39, 0.29) is 27.1 Å². The number of nitrogen functional groups attached to an aromatic ring is 1. The van der Waals surface area contributed by atoms with Crippen molar-refractivity contribution in [2.75, 3.05) is 17.7 Å². The first-order valence-electron chi connectivity index (χ1n) is 7.10. The first-order valence-corrected chi connectivity index (χ1v) is 7.86. The highest BCUT2D eigenvalue weighted by Gasteiger charge is 2.16. The fourth-order valence-corrected chi connectivity index (χ4v) is 2.47. The maximum atomic E-state index is 12.0. The maximum absolute atomic E-state index is 12.0. The zero-order chi connectivity index (χ0) is 18.6. The molecule has 2 aromatic rings. The van der Waals surface area contributed by atoms with Crippen LogP contribution >= 0.6 is 23.2 Å². The third-order valence-corrected chi connectivity index (χ3v) is 3.73. The molecule has 0 unspecified atom stereocenters. The topological polar surface area (TPSA) is 98.5 Å². The summed E-state index contributed by atoms with van der Waals surface area (Å²) >= 11 is 11.7. The molecule has 0 heterocycles. The van der Waals surface area contributed by atoms with E-state index in [1.807, 2.05) is 0 Å². The van der Waals surface area contributed by atoms with Crippen LogP contribution in [0.4, 0.5) is 11.4 Å². The molecule has 0 bridgehead atoms. The number of carbonyl (C=O) groups excluding carboxylic acids is 3. The van der Waals surface area contributed by atoms with Crippen LogP contribution in [0.3, 0.4) is 0 Å². The summed E-state index contributed by atoms with van der Waals surface area (Å²) in [6.45, 7) is 0.885. The SMILES string of the molecule is CC(=O)c1cccc(NC(=O)COC(=O)c2cc(Cl)cc(Cl)c2N)c1. The molecule has 0 aliphatic carbocycles. The Kier molecular flexibility index (Phi) is 6.01. The number of benzene rings is 2. The Hall–Kier alpha value is -2.57. The van der Waals surface area contributed by atoms with E-state index in [4.69, 9.17) is 33.7 Å². The van der Waals surface area contributed by atoms with Gasteiger partial charge in [-0.15, -0.1) is 0 Å². The van der Waals surface area contributed by atoms with Crippen LogP contribution in [-0.4, -0.2) is 24.3 Å². The number of ether oxygens (including phenoxy) is 1. The van der Waals surface area contributed by atoms with E-state index < -0.39 is 18.5 Å². The Labute approximate surface area is 153 Å². The molecular formula is C17H14Cl2N2O4. The van der Waals surface area contributed by atoms with E-state index in [0.717, 1.165) is 0 Å². The summed E-state index contributed by atoms with van der Waals surface area (Å²) in [4.78, 5) is 35.2. The molecule has 0 saturated heterocycles. The van der Waals surface area contributed by atoms with E-state index in [2.05, 4.69) is 5.32 Å². The molecule has 25 heavy (non-hydrogen) atoms. The molecule has 0 fully saturated rings. The summed E-state index contributed by atoms with van der Waals surface area (Å²) in [5.41, 5.74) is 6.57. The first-order chi connectivity index (χ1) is 11.8. The number of esters is 1. The zero-order valence-corrected chi connectivity index (χ0v) is 14.6. The fraction of sp³-hybridized carbons (Fsp3) is 0.118. The van der Waals surface area contributed by atoms with Gasteiger partial charge < -0.3 is 15.8 Å². The summed E-state index contributed by atoms with van der Waals surface area (Å²) in [6, 6.07) is 9.09. The predicted octanol–water partition coefficient (Wildman–Crippen LogP) is 3.57. The van der Waals surface area contributed by atoms with Crippen LogP contribution in [0.1, 0.15) is 27.6 Å². The number of anilines is 2. The number of amides is 1. The lowest BCUT2D eigenvalue weighted by Gasteiger charge is -2.09. The zero-order valence-electron chi connectivity index (χ0n) is 13.1. The Morgan fingerprint density at radius 2 is 1.88 bits per heavy atom. The molecule has 0 saturated carbocycles. The van der Waals surface area contributed by atoms with Crippen molar-refractivity contribution in [2.24, 2.45) is 0 Å². The molecule has 8 heteroatoms.